The summed E-state index contributed by atoms with van der Waals surface area (Å²) in [5, 5.41) is 8.78. The van der Waals surface area contributed by atoms with Crippen molar-refractivity contribution in [3.8, 4) is 0 Å². The van der Waals surface area contributed by atoms with E-state index in [0.717, 1.165) is 0 Å². The number of nitrogens with two attached hydrogens (primary N) is 1. The number of rotatable bonds is 4. The zero-order valence-electron chi connectivity index (χ0n) is 10.5. The first-order valence-electron chi connectivity index (χ1n) is 5.89. The van der Waals surface area contributed by atoms with Crippen molar-refractivity contribution in [2.24, 2.45) is 0 Å². The zero-order valence-corrected chi connectivity index (χ0v) is 10.5. The van der Waals surface area contributed by atoms with Crippen LogP contribution in [-0.2, 0) is 11.2 Å². The third-order valence-electron chi connectivity index (χ3n) is 2.90. The first kappa shape index (κ1) is 13.7. The summed E-state index contributed by atoms with van der Waals surface area (Å²) in [5.41, 5.74) is 6.23. The lowest BCUT2D eigenvalue weighted by Gasteiger charge is -2.09. The van der Waals surface area contributed by atoms with E-state index in [2.05, 4.69) is 0 Å². The van der Waals surface area contributed by atoms with Crippen LogP contribution in [0.5, 0.6) is 0 Å². The number of ketones is 1. The van der Waals surface area contributed by atoms with Crippen molar-refractivity contribution < 1.29 is 19.1 Å². The molecule has 20 heavy (non-hydrogen) atoms. The molecule has 3 N–H and O–H groups in total. The summed E-state index contributed by atoms with van der Waals surface area (Å²) < 4.78 is 13.6. The third kappa shape index (κ3) is 2.66. The third-order valence-corrected chi connectivity index (χ3v) is 2.90. The minimum atomic E-state index is -1.05. The molecule has 0 radical (unpaired) electrons. The van der Waals surface area contributed by atoms with Gasteiger partial charge in [-0.2, -0.15) is 0 Å². The summed E-state index contributed by atoms with van der Waals surface area (Å²) >= 11 is 0. The van der Waals surface area contributed by atoms with E-state index in [-0.39, 0.29) is 23.2 Å². The van der Waals surface area contributed by atoms with Crippen LogP contribution in [0.1, 0.15) is 21.5 Å². The lowest BCUT2D eigenvalue weighted by atomic mass is 9.97. The molecule has 2 rings (SSSR count). The van der Waals surface area contributed by atoms with Crippen LogP contribution in [0, 0.1) is 5.82 Å². The van der Waals surface area contributed by atoms with Crippen molar-refractivity contribution in [3.05, 3.63) is 65.0 Å². The molecule has 0 heterocycles. The molecule has 0 saturated carbocycles. The number of carbonyl (C=O) groups is 2. The molecule has 4 nitrogen and oxygen atoms in total. The van der Waals surface area contributed by atoms with Crippen LogP contribution in [0.25, 0.3) is 0 Å². The standard InChI is InChI=1S/C15H12FNO3/c16-12-7-2-1-5-10(12)15(20)11-6-3-4-9(14(11)17)8-13(18)19/h1-7H,8,17H2,(H,18,19). The Bertz CT molecular complexity index is 683. The molecule has 5 heteroatoms. The minimum Gasteiger partial charge on any atom is -0.481 e. The normalized spacial score (nSPS) is 10.2. The predicted molar refractivity (Wildman–Crippen MR) is 72.0 cm³/mol. The molecule has 0 aromatic heterocycles. The van der Waals surface area contributed by atoms with Gasteiger partial charge in [-0.1, -0.05) is 24.3 Å². The zero-order chi connectivity index (χ0) is 14.7. The Morgan fingerprint density at radius 1 is 1.05 bits per heavy atom. The SMILES string of the molecule is Nc1c(CC(=O)O)cccc1C(=O)c1ccccc1F. The number of hydrogen-bond donors (Lipinski definition) is 2. The van der Waals surface area contributed by atoms with Crippen LogP contribution in [-0.4, -0.2) is 16.9 Å². The molecule has 0 saturated heterocycles. The van der Waals surface area contributed by atoms with Gasteiger partial charge in [0.25, 0.3) is 0 Å². The quantitative estimate of drug-likeness (QED) is 0.661. The molecule has 0 bridgehead atoms. The smallest absolute Gasteiger partial charge is 0.307 e. The Balaban J connectivity index is 2.46. The predicted octanol–water partition coefficient (Wildman–Crippen LogP) is 2.27. The van der Waals surface area contributed by atoms with E-state index in [0.29, 0.717) is 5.56 Å². The molecule has 102 valence electrons. The van der Waals surface area contributed by atoms with Gasteiger partial charge in [-0.25, -0.2) is 4.39 Å². The fraction of sp³-hybridized carbons (Fsp3) is 0.0667. The topological polar surface area (TPSA) is 80.4 Å². The Morgan fingerprint density at radius 2 is 1.70 bits per heavy atom. The summed E-state index contributed by atoms with van der Waals surface area (Å²) in [4.78, 5) is 23.0. The second kappa shape index (κ2) is 5.52. The first-order chi connectivity index (χ1) is 9.50. The highest BCUT2D eigenvalue weighted by Crippen LogP contribution is 2.22. The Morgan fingerprint density at radius 3 is 2.35 bits per heavy atom. The molecule has 0 atom stereocenters. The lowest BCUT2D eigenvalue weighted by molar-refractivity contribution is -0.136. The van der Waals surface area contributed by atoms with Crippen LogP contribution in [0.15, 0.2) is 42.5 Å². The monoisotopic (exact) mass is 273 g/mol. The number of carbonyl (C=O) groups excluding carboxylic acids is 1. The van der Waals surface area contributed by atoms with E-state index in [1.54, 1.807) is 6.07 Å². The van der Waals surface area contributed by atoms with E-state index in [4.69, 9.17) is 10.8 Å². The van der Waals surface area contributed by atoms with E-state index in [1.807, 2.05) is 0 Å². The van der Waals surface area contributed by atoms with E-state index >= 15 is 0 Å². The number of aliphatic carboxylic acids is 1. The van der Waals surface area contributed by atoms with E-state index in [1.165, 1.54) is 36.4 Å². The summed E-state index contributed by atoms with van der Waals surface area (Å²) in [6, 6.07) is 10.1. The molecule has 2 aromatic rings. The molecule has 0 unspecified atom stereocenters. The van der Waals surface area contributed by atoms with Crippen molar-refractivity contribution in [3.63, 3.8) is 0 Å². The fourth-order valence-electron chi connectivity index (χ4n) is 1.92. The van der Waals surface area contributed by atoms with Gasteiger partial charge in [-0.15, -0.1) is 0 Å². The maximum atomic E-state index is 13.6. The number of benzene rings is 2. The average Bonchev–Trinajstić information content (AvgIpc) is 2.40. The van der Waals surface area contributed by atoms with Crippen LogP contribution in [0.2, 0.25) is 0 Å². The van der Waals surface area contributed by atoms with Crippen molar-refractivity contribution in [1.29, 1.82) is 0 Å². The Labute approximate surface area is 114 Å². The van der Waals surface area contributed by atoms with E-state index in [9.17, 15) is 14.0 Å². The molecule has 0 aliphatic rings. The second-order valence-electron chi connectivity index (χ2n) is 4.26. The van der Waals surface area contributed by atoms with Gasteiger partial charge in [0.1, 0.15) is 5.82 Å². The van der Waals surface area contributed by atoms with Crippen LogP contribution >= 0.6 is 0 Å². The lowest BCUT2D eigenvalue weighted by Crippen LogP contribution is -2.11. The minimum absolute atomic E-state index is 0.0724. The van der Waals surface area contributed by atoms with Crippen LogP contribution in [0.3, 0.4) is 0 Å². The second-order valence-corrected chi connectivity index (χ2v) is 4.26. The van der Waals surface area contributed by atoms with Gasteiger partial charge in [0.05, 0.1) is 12.0 Å². The number of halogens is 1. The van der Waals surface area contributed by atoms with Gasteiger partial charge in [0.15, 0.2) is 5.78 Å². The fourth-order valence-corrected chi connectivity index (χ4v) is 1.92. The van der Waals surface area contributed by atoms with Gasteiger partial charge in [0, 0.05) is 11.3 Å². The summed E-state index contributed by atoms with van der Waals surface area (Å²) in [5.74, 6) is -2.25. The van der Waals surface area contributed by atoms with Crippen molar-refractivity contribution in [2.75, 3.05) is 5.73 Å². The molecule has 0 aliphatic carbocycles. The van der Waals surface area contributed by atoms with Crippen molar-refractivity contribution >= 4 is 17.4 Å². The van der Waals surface area contributed by atoms with Crippen molar-refractivity contribution in [2.45, 2.75) is 6.42 Å². The van der Waals surface area contributed by atoms with Gasteiger partial charge in [0.2, 0.25) is 0 Å². The molecular formula is C15H12FNO3. The highest BCUT2D eigenvalue weighted by Gasteiger charge is 2.18. The number of anilines is 1. The van der Waals surface area contributed by atoms with Crippen molar-refractivity contribution in [1.82, 2.24) is 0 Å². The Kier molecular flexibility index (Phi) is 3.79. The molecular weight excluding hydrogens is 261 g/mol. The van der Waals surface area contributed by atoms with Gasteiger partial charge >= 0.3 is 5.97 Å². The maximum absolute atomic E-state index is 13.6. The first-order valence-corrected chi connectivity index (χ1v) is 5.89. The molecule has 0 aliphatic heterocycles. The number of carboxylic acid groups (broad SMARTS) is 1. The average molecular weight is 273 g/mol. The van der Waals surface area contributed by atoms with Gasteiger partial charge in [-0.3, -0.25) is 9.59 Å². The summed E-state index contributed by atoms with van der Waals surface area (Å²) in [6.07, 6.45) is -0.287. The molecule has 2 aromatic carbocycles. The maximum Gasteiger partial charge on any atom is 0.307 e. The molecule has 0 amide bonds. The number of nitrogen functional groups attached to an aromatic ring is 1. The van der Waals surface area contributed by atoms with Gasteiger partial charge < -0.3 is 10.8 Å². The number of hydrogen-bond acceptors (Lipinski definition) is 3. The largest absolute Gasteiger partial charge is 0.481 e. The summed E-state index contributed by atoms with van der Waals surface area (Å²) in [6.45, 7) is 0. The number of carboxylic acids is 1. The summed E-state index contributed by atoms with van der Waals surface area (Å²) in [7, 11) is 0. The number of para-hydroxylation sites is 1. The van der Waals surface area contributed by atoms with Crippen LogP contribution < -0.4 is 5.73 Å². The molecule has 0 fully saturated rings. The van der Waals surface area contributed by atoms with E-state index < -0.39 is 17.6 Å². The van der Waals surface area contributed by atoms with Gasteiger partial charge in [-0.05, 0) is 23.8 Å². The highest BCUT2D eigenvalue weighted by atomic mass is 19.1. The molecule has 0 spiro atoms. The van der Waals surface area contributed by atoms with Crippen LogP contribution in [0.4, 0.5) is 10.1 Å². The Hall–Kier alpha value is -2.69. The highest BCUT2D eigenvalue weighted by molar-refractivity contribution is 6.12.